The van der Waals surface area contributed by atoms with E-state index in [0.717, 1.165) is 18.0 Å². The molecule has 0 atom stereocenters. The van der Waals surface area contributed by atoms with E-state index in [9.17, 15) is 10.2 Å². The molecule has 1 aliphatic rings. The molecule has 2 rings (SSSR count). The van der Waals surface area contributed by atoms with Crippen molar-refractivity contribution in [2.45, 2.75) is 19.4 Å². The third kappa shape index (κ3) is 3.62. The van der Waals surface area contributed by atoms with Crippen molar-refractivity contribution >= 4 is 0 Å². The van der Waals surface area contributed by atoms with Gasteiger partial charge in [0.05, 0.1) is 0 Å². The zero-order valence-corrected chi connectivity index (χ0v) is 10.9. The van der Waals surface area contributed by atoms with Crippen LogP contribution in [0.5, 0.6) is 11.5 Å². The molecule has 0 aromatic heterocycles. The topological polar surface area (TPSA) is 55.7 Å². The Kier molecular flexibility index (Phi) is 4.44. The summed E-state index contributed by atoms with van der Waals surface area (Å²) in [6, 6.07) is 4.74. The fourth-order valence-corrected chi connectivity index (χ4v) is 2.38. The van der Waals surface area contributed by atoms with Gasteiger partial charge in [-0.25, -0.2) is 0 Å². The second kappa shape index (κ2) is 6.07. The van der Waals surface area contributed by atoms with Crippen LogP contribution in [0.25, 0.3) is 0 Å². The Morgan fingerprint density at radius 1 is 1.28 bits per heavy atom. The van der Waals surface area contributed by atoms with Gasteiger partial charge >= 0.3 is 0 Å². The van der Waals surface area contributed by atoms with Gasteiger partial charge in [-0.05, 0) is 51.5 Å². The van der Waals surface area contributed by atoms with Gasteiger partial charge in [0.25, 0.3) is 0 Å². The Morgan fingerprint density at radius 3 is 2.67 bits per heavy atom. The summed E-state index contributed by atoms with van der Waals surface area (Å²) in [4.78, 5) is 2.36. The first-order valence-electron chi connectivity index (χ1n) is 6.55. The van der Waals surface area contributed by atoms with E-state index >= 15 is 0 Å². The van der Waals surface area contributed by atoms with Crippen LogP contribution in [0, 0.1) is 5.92 Å². The van der Waals surface area contributed by atoms with Crippen molar-refractivity contribution in [3.8, 4) is 11.5 Å². The molecule has 0 radical (unpaired) electrons. The molecule has 1 aromatic carbocycles. The molecule has 4 heteroatoms. The van der Waals surface area contributed by atoms with Crippen molar-refractivity contribution in [3.63, 3.8) is 0 Å². The number of rotatable bonds is 4. The summed E-state index contributed by atoms with van der Waals surface area (Å²) in [5.41, 5.74) is 0.834. The van der Waals surface area contributed by atoms with Gasteiger partial charge in [0, 0.05) is 18.2 Å². The van der Waals surface area contributed by atoms with E-state index in [1.54, 1.807) is 12.1 Å². The predicted molar refractivity (Wildman–Crippen MR) is 71.7 cm³/mol. The van der Waals surface area contributed by atoms with Crippen LogP contribution in [0.1, 0.15) is 18.4 Å². The molecule has 0 bridgehead atoms. The van der Waals surface area contributed by atoms with Gasteiger partial charge in [-0.1, -0.05) is 6.07 Å². The van der Waals surface area contributed by atoms with E-state index in [4.69, 9.17) is 0 Å². The summed E-state index contributed by atoms with van der Waals surface area (Å²) in [5.74, 6) is 0.998. The number of benzene rings is 1. The molecule has 3 N–H and O–H groups in total. The highest BCUT2D eigenvalue weighted by Crippen LogP contribution is 2.22. The number of likely N-dealkylation sites (tertiary alicyclic amines) is 1. The van der Waals surface area contributed by atoms with Crippen molar-refractivity contribution in [2.24, 2.45) is 5.92 Å². The van der Waals surface area contributed by atoms with E-state index in [1.807, 2.05) is 0 Å². The van der Waals surface area contributed by atoms with Crippen molar-refractivity contribution in [1.82, 2.24) is 10.2 Å². The van der Waals surface area contributed by atoms with Gasteiger partial charge < -0.3 is 20.4 Å². The van der Waals surface area contributed by atoms with E-state index in [2.05, 4.69) is 17.3 Å². The number of phenols is 2. The number of nitrogens with zero attached hydrogens (tertiary/aromatic N) is 1. The van der Waals surface area contributed by atoms with E-state index in [1.165, 1.54) is 32.0 Å². The lowest BCUT2D eigenvalue weighted by Crippen LogP contribution is -2.34. The minimum absolute atomic E-state index is 0.103. The molecule has 0 amide bonds. The molecule has 1 aromatic rings. The quantitative estimate of drug-likeness (QED) is 0.758. The number of nitrogens with one attached hydrogen (secondary N) is 1. The van der Waals surface area contributed by atoms with Crippen LogP contribution in [-0.2, 0) is 6.54 Å². The molecule has 0 aliphatic carbocycles. The maximum atomic E-state index is 9.66. The summed E-state index contributed by atoms with van der Waals surface area (Å²) in [6.45, 7) is 4.00. The minimum Gasteiger partial charge on any atom is -0.508 e. The molecule has 0 saturated carbocycles. The zero-order chi connectivity index (χ0) is 13.0. The Hall–Kier alpha value is -1.26. The number of aromatic hydroxyl groups is 2. The fraction of sp³-hybridized carbons (Fsp3) is 0.571. The average molecular weight is 250 g/mol. The smallest absolute Gasteiger partial charge is 0.123 e. The molecule has 1 aliphatic heterocycles. The number of piperidine rings is 1. The summed E-state index contributed by atoms with van der Waals surface area (Å²) < 4.78 is 0. The maximum Gasteiger partial charge on any atom is 0.123 e. The molecule has 1 fully saturated rings. The molecule has 1 saturated heterocycles. The molecule has 1 heterocycles. The van der Waals surface area contributed by atoms with Gasteiger partial charge in [0.15, 0.2) is 0 Å². The Balaban J connectivity index is 1.75. The van der Waals surface area contributed by atoms with Crippen molar-refractivity contribution < 1.29 is 10.2 Å². The minimum atomic E-state index is 0.103. The van der Waals surface area contributed by atoms with Crippen LogP contribution in [0.2, 0.25) is 0 Å². The highest BCUT2D eigenvalue weighted by Gasteiger charge is 2.16. The number of hydrogen-bond acceptors (Lipinski definition) is 4. The molecular weight excluding hydrogens is 228 g/mol. The van der Waals surface area contributed by atoms with Crippen molar-refractivity contribution in [2.75, 3.05) is 26.7 Å². The summed E-state index contributed by atoms with van der Waals surface area (Å²) in [7, 11) is 2.16. The van der Waals surface area contributed by atoms with Crippen LogP contribution < -0.4 is 5.32 Å². The largest absolute Gasteiger partial charge is 0.508 e. The maximum absolute atomic E-state index is 9.66. The van der Waals surface area contributed by atoms with Crippen molar-refractivity contribution in [1.29, 1.82) is 0 Å². The van der Waals surface area contributed by atoms with Crippen LogP contribution in [-0.4, -0.2) is 41.8 Å². The summed E-state index contributed by atoms with van der Waals surface area (Å²) in [6.07, 6.45) is 2.48. The number of phenolic OH excluding ortho intramolecular Hbond substituents is 2. The van der Waals surface area contributed by atoms with Gasteiger partial charge in [-0.15, -0.1) is 0 Å². The first-order chi connectivity index (χ1) is 8.65. The zero-order valence-electron chi connectivity index (χ0n) is 10.9. The summed E-state index contributed by atoms with van der Waals surface area (Å²) >= 11 is 0. The lowest BCUT2D eigenvalue weighted by Gasteiger charge is -2.29. The highest BCUT2D eigenvalue weighted by atomic mass is 16.3. The van der Waals surface area contributed by atoms with Gasteiger partial charge in [0.1, 0.15) is 11.5 Å². The Labute approximate surface area is 108 Å². The van der Waals surface area contributed by atoms with Crippen LogP contribution in [0.4, 0.5) is 0 Å². The first kappa shape index (κ1) is 13.2. The molecule has 0 spiro atoms. The third-order valence-corrected chi connectivity index (χ3v) is 3.66. The van der Waals surface area contributed by atoms with Gasteiger partial charge in [0.2, 0.25) is 0 Å². The van der Waals surface area contributed by atoms with E-state index in [0.29, 0.717) is 6.54 Å². The van der Waals surface area contributed by atoms with Crippen LogP contribution in [0.15, 0.2) is 18.2 Å². The van der Waals surface area contributed by atoms with Gasteiger partial charge in [-0.2, -0.15) is 0 Å². The van der Waals surface area contributed by atoms with Crippen LogP contribution >= 0.6 is 0 Å². The monoisotopic (exact) mass is 250 g/mol. The lowest BCUT2D eigenvalue weighted by atomic mass is 9.97. The summed E-state index contributed by atoms with van der Waals surface area (Å²) in [5, 5.41) is 22.2. The fourth-order valence-electron chi connectivity index (χ4n) is 2.38. The molecular formula is C14H22N2O2. The second-order valence-corrected chi connectivity index (χ2v) is 5.19. The molecule has 4 nitrogen and oxygen atoms in total. The standard InChI is InChI=1S/C14H22N2O2/c1-16-6-4-11(5-7-16)9-15-10-12-2-3-13(17)8-14(12)18/h2-3,8,11,15,17-18H,4-7,9-10H2,1H3. The first-order valence-corrected chi connectivity index (χ1v) is 6.55. The molecule has 100 valence electrons. The number of hydrogen-bond donors (Lipinski definition) is 3. The van der Waals surface area contributed by atoms with E-state index in [-0.39, 0.29) is 11.5 Å². The van der Waals surface area contributed by atoms with Crippen LogP contribution in [0.3, 0.4) is 0 Å². The average Bonchev–Trinajstić information content (AvgIpc) is 2.34. The Morgan fingerprint density at radius 2 is 2.00 bits per heavy atom. The molecule has 18 heavy (non-hydrogen) atoms. The Bertz CT molecular complexity index is 387. The van der Waals surface area contributed by atoms with Gasteiger partial charge in [-0.3, -0.25) is 0 Å². The highest BCUT2D eigenvalue weighted by molar-refractivity contribution is 5.38. The van der Waals surface area contributed by atoms with E-state index < -0.39 is 0 Å². The second-order valence-electron chi connectivity index (χ2n) is 5.19. The molecule has 0 unspecified atom stereocenters. The normalized spacial score (nSPS) is 18.1. The predicted octanol–water partition coefficient (Wildman–Crippen LogP) is 1.53. The SMILES string of the molecule is CN1CCC(CNCc2ccc(O)cc2O)CC1. The lowest BCUT2D eigenvalue weighted by molar-refractivity contribution is 0.216. The van der Waals surface area contributed by atoms with Crippen molar-refractivity contribution in [3.05, 3.63) is 23.8 Å². The third-order valence-electron chi connectivity index (χ3n) is 3.66.